The highest BCUT2D eigenvalue weighted by atomic mass is 19.2. The highest BCUT2D eigenvalue weighted by molar-refractivity contribution is 5.78. The lowest BCUT2D eigenvalue weighted by atomic mass is 10.1. The van der Waals surface area contributed by atoms with E-state index in [0.29, 0.717) is 31.8 Å². The summed E-state index contributed by atoms with van der Waals surface area (Å²) in [5.41, 5.74) is 5.87. The molecule has 106 valence electrons. The van der Waals surface area contributed by atoms with E-state index in [4.69, 9.17) is 10.5 Å². The minimum absolute atomic E-state index is 0.0148. The van der Waals surface area contributed by atoms with Crippen LogP contribution in [-0.2, 0) is 16.0 Å². The third-order valence-corrected chi connectivity index (χ3v) is 2.66. The van der Waals surface area contributed by atoms with E-state index in [1.807, 2.05) is 0 Å². The molecule has 0 aromatic heterocycles. The van der Waals surface area contributed by atoms with Crippen LogP contribution in [0.4, 0.5) is 8.78 Å². The van der Waals surface area contributed by atoms with Crippen molar-refractivity contribution in [1.82, 2.24) is 4.90 Å². The van der Waals surface area contributed by atoms with E-state index in [2.05, 4.69) is 0 Å². The molecule has 0 fully saturated rings. The summed E-state index contributed by atoms with van der Waals surface area (Å²) in [5.74, 6) is -2.06. The van der Waals surface area contributed by atoms with Crippen molar-refractivity contribution in [1.29, 1.82) is 0 Å². The molecular formula is C13H18F2N2O2. The molecule has 0 saturated carbocycles. The SMILES string of the molecule is COCCN(CCN)C(=O)Cc1ccc(F)c(F)c1. The zero-order valence-corrected chi connectivity index (χ0v) is 10.9. The average molecular weight is 272 g/mol. The van der Waals surface area contributed by atoms with Gasteiger partial charge in [-0.1, -0.05) is 6.07 Å². The Morgan fingerprint density at radius 2 is 2.05 bits per heavy atom. The number of ether oxygens (including phenoxy) is 1. The van der Waals surface area contributed by atoms with Crippen LogP contribution in [0.1, 0.15) is 5.56 Å². The van der Waals surface area contributed by atoms with Crippen LogP contribution in [0.3, 0.4) is 0 Å². The van der Waals surface area contributed by atoms with Crippen molar-refractivity contribution in [3.05, 3.63) is 35.4 Å². The van der Waals surface area contributed by atoms with E-state index in [1.165, 1.54) is 6.07 Å². The first-order chi connectivity index (χ1) is 9.08. The number of nitrogens with zero attached hydrogens (tertiary/aromatic N) is 1. The maximum Gasteiger partial charge on any atom is 0.227 e. The number of nitrogens with two attached hydrogens (primary N) is 1. The summed E-state index contributed by atoms with van der Waals surface area (Å²) in [6.07, 6.45) is 0.0148. The first-order valence-corrected chi connectivity index (χ1v) is 5.99. The minimum Gasteiger partial charge on any atom is -0.383 e. The van der Waals surface area contributed by atoms with E-state index in [9.17, 15) is 13.6 Å². The summed E-state index contributed by atoms with van der Waals surface area (Å²) in [6, 6.07) is 3.44. The molecule has 1 rings (SSSR count). The first kappa shape index (κ1) is 15.5. The second-order valence-electron chi connectivity index (χ2n) is 4.09. The molecule has 0 saturated heterocycles. The molecular weight excluding hydrogens is 254 g/mol. The van der Waals surface area contributed by atoms with Crippen LogP contribution in [0.15, 0.2) is 18.2 Å². The second-order valence-corrected chi connectivity index (χ2v) is 4.09. The third-order valence-electron chi connectivity index (χ3n) is 2.66. The Bertz CT molecular complexity index is 427. The van der Waals surface area contributed by atoms with Crippen molar-refractivity contribution in [3.8, 4) is 0 Å². The molecule has 0 aliphatic heterocycles. The van der Waals surface area contributed by atoms with Crippen molar-refractivity contribution in [2.75, 3.05) is 33.4 Å². The van der Waals surface area contributed by atoms with Gasteiger partial charge in [-0.3, -0.25) is 4.79 Å². The smallest absolute Gasteiger partial charge is 0.227 e. The lowest BCUT2D eigenvalue weighted by Gasteiger charge is -2.21. The van der Waals surface area contributed by atoms with Crippen molar-refractivity contribution in [3.63, 3.8) is 0 Å². The highest BCUT2D eigenvalue weighted by Gasteiger charge is 2.14. The topological polar surface area (TPSA) is 55.6 Å². The number of hydrogen-bond acceptors (Lipinski definition) is 3. The van der Waals surface area contributed by atoms with Gasteiger partial charge in [0.25, 0.3) is 0 Å². The molecule has 6 heteroatoms. The molecule has 0 unspecified atom stereocenters. The number of carbonyl (C=O) groups excluding carboxylic acids is 1. The van der Waals surface area contributed by atoms with Crippen LogP contribution in [-0.4, -0.2) is 44.2 Å². The third kappa shape index (κ3) is 4.92. The van der Waals surface area contributed by atoms with Crippen LogP contribution in [0.5, 0.6) is 0 Å². The first-order valence-electron chi connectivity index (χ1n) is 5.99. The molecule has 0 atom stereocenters. The monoisotopic (exact) mass is 272 g/mol. The summed E-state index contributed by atoms with van der Waals surface area (Å²) in [6.45, 7) is 1.58. The summed E-state index contributed by atoms with van der Waals surface area (Å²) in [4.78, 5) is 13.5. The normalized spacial score (nSPS) is 10.5. The average Bonchev–Trinajstić information content (AvgIpc) is 2.38. The molecule has 0 radical (unpaired) electrons. The molecule has 0 spiro atoms. The Balaban J connectivity index is 2.66. The zero-order chi connectivity index (χ0) is 14.3. The van der Waals surface area contributed by atoms with E-state index in [1.54, 1.807) is 12.0 Å². The predicted octanol–water partition coefficient (Wildman–Crippen LogP) is 0.941. The molecule has 2 N–H and O–H groups in total. The van der Waals surface area contributed by atoms with Crippen LogP contribution in [0, 0.1) is 11.6 Å². The summed E-state index contributed by atoms with van der Waals surface area (Å²) in [5, 5.41) is 0. The molecule has 1 aromatic carbocycles. The maximum atomic E-state index is 13.0. The largest absolute Gasteiger partial charge is 0.383 e. The van der Waals surface area contributed by atoms with E-state index in [0.717, 1.165) is 12.1 Å². The van der Waals surface area contributed by atoms with Gasteiger partial charge in [0.2, 0.25) is 5.91 Å². The van der Waals surface area contributed by atoms with Gasteiger partial charge < -0.3 is 15.4 Å². The van der Waals surface area contributed by atoms with E-state index >= 15 is 0 Å². The molecule has 0 bridgehead atoms. The lowest BCUT2D eigenvalue weighted by Crippen LogP contribution is -2.38. The van der Waals surface area contributed by atoms with Gasteiger partial charge in [0.15, 0.2) is 11.6 Å². The Kier molecular flexibility index (Phi) is 6.38. The van der Waals surface area contributed by atoms with Crippen LogP contribution < -0.4 is 5.73 Å². The summed E-state index contributed by atoms with van der Waals surface area (Å²) < 4.78 is 30.7. The quantitative estimate of drug-likeness (QED) is 0.803. The van der Waals surface area contributed by atoms with Gasteiger partial charge in [-0.05, 0) is 17.7 Å². The highest BCUT2D eigenvalue weighted by Crippen LogP contribution is 2.10. The molecule has 0 heterocycles. The van der Waals surface area contributed by atoms with Gasteiger partial charge in [0.05, 0.1) is 13.0 Å². The van der Waals surface area contributed by atoms with Crippen molar-refractivity contribution < 1.29 is 18.3 Å². The number of rotatable bonds is 7. The van der Waals surface area contributed by atoms with Crippen LogP contribution >= 0.6 is 0 Å². The molecule has 1 amide bonds. The molecule has 1 aromatic rings. The molecule has 19 heavy (non-hydrogen) atoms. The zero-order valence-electron chi connectivity index (χ0n) is 10.9. The second kappa shape index (κ2) is 7.81. The Morgan fingerprint density at radius 3 is 2.63 bits per heavy atom. The summed E-state index contributed by atoms with van der Waals surface area (Å²) >= 11 is 0. The van der Waals surface area contributed by atoms with Crippen molar-refractivity contribution >= 4 is 5.91 Å². The number of hydrogen-bond donors (Lipinski definition) is 1. The Morgan fingerprint density at radius 1 is 1.32 bits per heavy atom. The number of benzene rings is 1. The van der Waals surface area contributed by atoms with Gasteiger partial charge in [0, 0.05) is 26.7 Å². The number of halogens is 2. The lowest BCUT2D eigenvalue weighted by molar-refractivity contribution is -0.131. The van der Waals surface area contributed by atoms with Gasteiger partial charge in [0.1, 0.15) is 0 Å². The van der Waals surface area contributed by atoms with E-state index < -0.39 is 11.6 Å². The van der Waals surface area contributed by atoms with Gasteiger partial charge in [-0.25, -0.2) is 8.78 Å². The maximum absolute atomic E-state index is 13.0. The van der Waals surface area contributed by atoms with Crippen LogP contribution in [0.2, 0.25) is 0 Å². The number of carbonyl (C=O) groups is 1. The number of amides is 1. The Hall–Kier alpha value is -1.53. The summed E-state index contributed by atoms with van der Waals surface area (Å²) in [7, 11) is 1.54. The molecule has 4 nitrogen and oxygen atoms in total. The van der Waals surface area contributed by atoms with Gasteiger partial charge in [-0.2, -0.15) is 0 Å². The standard InChI is InChI=1S/C13H18F2N2O2/c1-19-7-6-17(5-4-16)13(18)9-10-2-3-11(14)12(15)8-10/h2-3,8H,4-7,9,16H2,1H3. The van der Waals surface area contributed by atoms with Crippen molar-refractivity contribution in [2.24, 2.45) is 5.73 Å². The fraction of sp³-hybridized carbons (Fsp3) is 0.462. The molecule has 0 aliphatic rings. The fourth-order valence-corrected chi connectivity index (χ4v) is 1.65. The van der Waals surface area contributed by atoms with Crippen molar-refractivity contribution in [2.45, 2.75) is 6.42 Å². The number of methoxy groups -OCH3 is 1. The van der Waals surface area contributed by atoms with Gasteiger partial charge >= 0.3 is 0 Å². The molecule has 0 aliphatic carbocycles. The Labute approximate surface area is 111 Å². The fourth-order valence-electron chi connectivity index (χ4n) is 1.65. The predicted molar refractivity (Wildman–Crippen MR) is 67.6 cm³/mol. The van der Waals surface area contributed by atoms with Gasteiger partial charge in [-0.15, -0.1) is 0 Å². The minimum atomic E-state index is -0.951. The van der Waals surface area contributed by atoms with Crippen LogP contribution in [0.25, 0.3) is 0 Å². The van der Waals surface area contributed by atoms with E-state index in [-0.39, 0.29) is 12.3 Å².